The summed E-state index contributed by atoms with van der Waals surface area (Å²) in [7, 11) is 3.48. The molecule has 6 heteroatoms. The van der Waals surface area contributed by atoms with Crippen LogP contribution >= 0.6 is 0 Å². The Bertz CT molecular complexity index is 461. The molecule has 26 heavy (non-hydrogen) atoms. The fourth-order valence-electron chi connectivity index (χ4n) is 2.26. The Balaban J connectivity index is 4.56. The Kier molecular flexibility index (Phi) is 13.1. The van der Waals surface area contributed by atoms with Gasteiger partial charge in [0.15, 0.2) is 0 Å². The van der Waals surface area contributed by atoms with Crippen molar-refractivity contribution in [2.24, 2.45) is 0 Å². The quantitative estimate of drug-likeness (QED) is 0.174. The molecule has 0 spiro atoms. The van der Waals surface area contributed by atoms with Crippen molar-refractivity contribution in [1.82, 2.24) is 9.80 Å². The van der Waals surface area contributed by atoms with Gasteiger partial charge in [0, 0.05) is 13.1 Å². The second-order valence-corrected chi connectivity index (χ2v) is 6.22. The Morgan fingerprint density at radius 3 is 1.42 bits per heavy atom. The number of nitrogens with zero attached hydrogens (tertiary/aromatic N) is 2. The van der Waals surface area contributed by atoms with Crippen LogP contribution in [0, 0.1) is 24.7 Å². The molecule has 0 bridgehead atoms. The van der Waals surface area contributed by atoms with E-state index in [0.29, 0.717) is 13.1 Å². The Hall–Kier alpha value is -2.02. The highest BCUT2D eigenvalue weighted by atomic mass is 16.6. The number of esters is 2. The first kappa shape index (κ1) is 24.0. The molecule has 2 atom stereocenters. The van der Waals surface area contributed by atoms with Crippen LogP contribution in [0.4, 0.5) is 0 Å². The molecule has 2 unspecified atom stereocenters. The van der Waals surface area contributed by atoms with Gasteiger partial charge < -0.3 is 9.47 Å². The molecule has 146 valence electrons. The van der Waals surface area contributed by atoms with Gasteiger partial charge in [-0.05, 0) is 38.8 Å². The van der Waals surface area contributed by atoms with Gasteiger partial charge in [0.05, 0.1) is 0 Å². The predicted molar refractivity (Wildman–Crippen MR) is 102 cm³/mol. The molecular weight excluding hydrogens is 332 g/mol. The van der Waals surface area contributed by atoms with E-state index in [1.165, 1.54) is 0 Å². The van der Waals surface area contributed by atoms with E-state index in [4.69, 9.17) is 22.3 Å². The van der Waals surface area contributed by atoms with E-state index in [0.717, 1.165) is 38.5 Å². The number of hydrogen-bond acceptors (Lipinski definition) is 6. The number of unbranched alkanes of at least 4 members (excludes halogenated alkanes) is 4. The minimum Gasteiger partial charge on any atom is -0.426 e. The molecule has 0 heterocycles. The van der Waals surface area contributed by atoms with Crippen LogP contribution in [0.5, 0.6) is 0 Å². The maximum absolute atomic E-state index is 12.0. The molecule has 0 aromatic rings. The molecule has 0 saturated carbocycles. The van der Waals surface area contributed by atoms with E-state index in [2.05, 4.69) is 25.7 Å². The van der Waals surface area contributed by atoms with Gasteiger partial charge in [0.25, 0.3) is 0 Å². The molecule has 0 rings (SSSR count). The third-order valence-corrected chi connectivity index (χ3v) is 3.92. The van der Waals surface area contributed by atoms with Gasteiger partial charge in [-0.2, -0.15) is 0 Å². The molecule has 0 aromatic heterocycles. The van der Waals surface area contributed by atoms with E-state index in [-0.39, 0.29) is 0 Å². The standard InChI is InChI=1S/C20H32N2O4/c1-7-11-13-15-21(5)17(9-3)25-19(23)20(24)26-18(10-4)22(6)16-14-12-8-2/h3-4,17-18H,7-8,11-16H2,1-2,5-6H3. The Labute approximate surface area is 158 Å². The van der Waals surface area contributed by atoms with Crippen molar-refractivity contribution < 1.29 is 19.1 Å². The highest BCUT2D eigenvalue weighted by molar-refractivity contribution is 6.29. The topological polar surface area (TPSA) is 59.1 Å². The van der Waals surface area contributed by atoms with Gasteiger partial charge in [-0.15, -0.1) is 12.8 Å². The van der Waals surface area contributed by atoms with Crippen molar-refractivity contribution in [3.8, 4) is 24.7 Å². The van der Waals surface area contributed by atoms with Crippen molar-refractivity contribution in [1.29, 1.82) is 0 Å². The smallest absolute Gasteiger partial charge is 0.419 e. The van der Waals surface area contributed by atoms with E-state index in [9.17, 15) is 9.59 Å². The van der Waals surface area contributed by atoms with Crippen molar-refractivity contribution in [2.75, 3.05) is 27.2 Å². The number of terminal acetylenes is 2. The summed E-state index contributed by atoms with van der Waals surface area (Å²) >= 11 is 0. The summed E-state index contributed by atoms with van der Waals surface area (Å²) in [5.41, 5.74) is 0. The molecule has 0 radical (unpaired) electrons. The van der Waals surface area contributed by atoms with Crippen LogP contribution in [0.3, 0.4) is 0 Å². The van der Waals surface area contributed by atoms with Crippen molar-refractivity contribution in [2.45, 2.75) is 64.8 Å². The summed E-state index contributed by atoms with van der Waals surface area (Å²) in [6, 6.07) is 0. The molecular formula is C20H32N2O4. The largest absolute Gasteiger partial charge is 0.426 e. The van der Waals surface area contributed by atoms with Crippen LogP contribution in [0.2, 0.25) is 0 Å². The number of rotatable bonds is 12. The SMILES string of the molecule is C#CC(OC(=O)C(=O)OC(C#C)N(C)CCCCC)N(C)CCCCC. The van der Waals surface area contributed by atoms with Crippen LogP contribution in [0.25, 0.3) is 0 Å². The van der Waals surface area contributed by atoms with Gasteiger partial charge in [-0.3, -0.25) is 9.80 Å². The molecule has 0 N–H and O–H groups in total. The first-order valence-electron chi connectivity index (χ1n) is 9.15. The van der Waals surface area contributed by atoms with E-state index in [1.54, 1.807) is 23.9 Å². The maximum Gasteiger partial charge on any atom is 0.419 e. The van der Waals surface area contributed by atoms with E-state index < -0.39 is 24.4 Å². The zero-order chi connectivity index (χ0) is 19.9. The Morgan fingerprint density at radius 2 is 1.15 bits per heavy atom. The summed E-state index contributed by atoms with van der Waals surface area (Å²) in [6.07, 6.45) is 15.1. The molecule has 0 amide bonds. The summed E-state index contributed by atoms with van der Waals surface area (Å²) in [6.45, 7) is 5.52. The van der Waals surface area contributed by atoms with Crippen LogP contribution < -0.4 is 0 Å². The van der Waals surface area contributed by atoms with Crippen LogP contribution in [-0.4, -0.2) is 61.4 Å². The highest BCUT2D eigenvalue weighted by Crippen LogP contribution is 2.06. The molecule has 0 fully saturated rings. The lowest BCUT2D eigenvalue weighted by Gasteiger charge is -2.25. The lowest BCUT2D eigenvalue weighted by Crippen LogP contribution is -2.41. The fraction of sp³-hybridized carbons (Fsp3) is 0.700. The van der Waals surface area contributed by atoms with Gasteiger partial charge >= 0.3 is 11.9 Å². The third kappa shape index (κ3) is 9.46. The molecule has 6 nitrogen and oxygen atoms in total. The predicted octanol–water partition coefficient (Wildman–Crippen LogP) is 2.24. The van der Waals surface area contributed by atoms with Crippen LogP contribution in [0.1, 0.15) is 52.4 Å². The van der Waals surface area contributed by atoms with Gasteiger partial charge in [0.1, 0.15) is 0 Å². The Morgan fingerprint density at radius 1 is 0.808 bits per heavy atom. The van der Waals surface area contributed by atoms with E-state index in [1.807, 2.05) is 0 Å². The molecule has 0 saturated heterocycles. The fourth-order valence-corrected chi connectivity index (χ4v) is 2.26. The van der Waals surface area contributed by atoms with Crippen LogP contribution in [-0.2, 0) is 19.1 Å². The zero-order valence-electron chi connectivity index (χ0n) is 16.5. The summed E-state index contributed by atoms with van der Waals surface area (Å²) in [4.78, 5) is 27.4. The van der Waals surface area contributed by atoms with Gasteiger partial charge in [-0.1, -0.05) is 39.5 Å². The first-order chi connectivity index (χ1) is 12.4. The summed E-state index contributed by atoms with van der Waals surface area (Å²) in [5, 5.41) is 0. The minimum atomic E-state index is -1.14. The first-order valence-corrected chi connectivity index (χ1v) is 9.15. The molecule has 0 aromatic carbocycles. The number of carbonyl (C=O) groups is 2. The van der Waals surface area contributed by atoms with E-state index >= 15 is 0 Å². The second-order valence-electron chi connectivity index (χ2n) is 6.22. The van der Waals surface area contributed by atoms with Crippen LogP contribution in [0.15, 0.2) is 0 Å². The van der Waals surface area contributed by atoms with Crippen molar-refractivity contribution in [3.05, 3.63) is 0 Å². The lowest BCUT2D eigenvalue weighted by molar-refractivity contribution is -0.178. The molecule has 0 aliphatic carbocycles. The number of hydrogen-bond donors (Lipinski definition) is 0. The summed E-state index contributed by atoms with van der Waals surface area (Å²) in [5.74, 6) is 2.44. The second kappa shape index (κ2) is 14.2. The average molecular weight is 364 g/mol. The zero-order valence-corrected chi connectivity index (χ0v) is 16.5. The van der Waals surface area contributed by atoms with Gasteiger partial charge in [0.2, 0.25) is 12.5 Å². The normalized spacial score (nSPS) is 12.9. The third-order valence-electron chi connectivity index (χ3n) is 3.92. The average Bonchev–Trinajstić information content (AvgIpc) is 2.63. The number of ether oxygens (including phenoxy) is 2. The van der Waals surface area contributed by atoms with Crippen molar-refractivity contribution >= 4 is 11.9 Å². The van der Waals surface area contributed by atoms with Gasteiger partial charge in [-0.25, -0.2) is 9.59 Å². The van der Waals surface area contributed by atoms with Crippen molar-refractivity contribution in [3.63, 3.8) is 0 Å². The maximum atomic E-state index is 12.0. The number of carbonyl (C=O) groups excluding carboxylic acids is 2. The summed E-state index contributed by atoms with van der Waals surface area (Å²) < 4.78 is 10.1. The molecule has 0 aliphatic heterocycles. The monoisotopic (exact) mass is 364 g/mol. The lowest BCUT2D eigenvalue weighted by atomic mass is 10.2. The molecule has 0 aliphatic rings. The highest BCUT2D eigenvalue weighted by Gasteiger charge is 2.27. The minimum absolute atomic E-state index is 0.665.